The first-order chi connectivity index (χ1) is 10.6. The second-order valence-corrected chi connectivity index (χ2v) is 7.38. The summed E-state index contributed by atoms with van der Waals surface area (Å²) >= 11 is 3.40. The van der Waals surface area contributed by atoms with E-state index in [4.69, 9.17) is 4.74 Å². The van der Waals surface area contributed by atoms with Crippen LogP contribution in [0.15, 0.2) is 28.7 Å². The number of hydrogen-bond acceptors (Lipinski definition) is 3. The van der Waals surface area contributed by atoms with E-state index >= 15 is 0 Å². The van der Waals surface area contributed by atoms with Gasteiger partial charge < -0.3 is 15.0 Å². The number of nitrogens with one attached hydrogen (secondary N) is 1. The van der Waals surface area contributed by atoms with E-state index < -0.39 is 6.10 Å². The number of likely N-dealkylation sites (tertiary alicyclic amines) is 1. The van der Waals surface area contributed by atoms with Crippen molar-refractivity contribution < 1.29 is 9.53 Å². The molecule has 1 spiro atoms. The van der Waals surface area contributed by atoms with Gasteiger partial charge >= 0.3 is 0 Å². The number of ether oxygens (including phenoxy) is 1. The molecule has 0 saturated carbocycles. The summed E-state index contributed by atoms with van der Waals surface area (Å²) in [6, 6.07) is 7.60. The lowest BCUT2D eigenvalue weighted by Gasteiger charge is -2.39. The Hall–Kier alpha value is -1.07. The van der Waals surface area contributed by atoms with E-state index in [1.54, 1.807) is 0 Å². The zero-order valence-corrected chi connectivity index (χ0v) is 14.6. The van der Waals surface area contributed by atoms with Gasteiger partial charge in [0.15, 0.2) is 6.10 Å². The first kappa shape index (κ1) is 15.8. The van der Waals surface area contributed by atoms with Crippen LogP contribution < -0.4 is 10.1 Å². The van der Waals surface area contributed by atoms with Crippen molar-refractivity contribution in [3.8, 4) is 5.75 Å². The molecular weight excluding hydrogens is 344 g/mol. The molecule has 120 valence electrons. The van der Waals surface area contributed by atoms with Crippen LogP contribution in [-0.4, -0.2) is 43.1 Å². The van der Waals surface area contributed by atoms with Gasteiger partial charge in [0, 0.05) is 24.1 Å². The summed E-state index contributed by atoms with van der Waals surface area (Å²) in [5.41, 5.74) is 0.437. The summed E-state index contributed by atoms with van der Waals surface area (Å²) in [4.78, 5) is 14.5. The monoisotopic (exact) mass is 366 g/mol. The highest BCUT2D eigenvalue weighted by atomic mass is 79.9. The van der Waals surface area contributed by atoms with Gasteiger partial charge in [-0.3, -0.25) is 4.79 Å². The Balaban J connectivity index is 1.54. The quantitative estimate of drug-likeness (QED) is 0.893. The van der Waals surface area contributed by atoms with E-state index in [0.29, 0.717) is 5.41 Å². The van der Waals surface area contributed by atoms with Crippen molar-refractivity contribution in [2.24, 2.45) is 5.41 Å². The Labute approximate surface area is 140 Å². The highest BCUT2D eigenvalue weighted by Gasteiger charge is 2.38. The Morgan fingerprint density at radius 1 is 1.27 bits per heavy atom. The predicted octanol–water partition coefficient (Wildman–Crippen LogP) is 2.82. The van der Waals surface area contributed by atoms with E-state index in [0.717, 1.165) is 49.2 Å². The van der Waals surface area contributed by atoms with Crippen LogP contribution in [0.4, 0.5) is 0 Å². The number of nitrogens with zero attached hydrogens (tertiary/aromatic N) is 1. The molecule has 22 heavy (non-hydrogen) atoms. The van der Waals surface area contributed by atoms with Crippen molar-refractivity contribution in [1.29, 1.82) is 0 Å². The summed E-state index contributed by atoms with van der Waals surface area (Å²) in [7, 11) is 0. The molecule has 0 radical (unpaired) electrons. The van der Waals surface area contributed by atoms with Gasteiger partial charge in [0.05, 0.1) is 0 Å². The van der Waals surface area contributed by atoms with Gasteiger partial charge in [-0.15, -0.1) is 0 Å². The van der Waals surface area contributed by atoms with Crippen LogP contribution >= 0.6 is 15.9 Å². The molecule has 1 N–H and O–H groups in total. The molecule has 0 aliphatic carbocycles. The van der Waals surface area contributed by atoms with E-state index in [1.807, 2.05) is 36.1 Å². The first-order valence-corrected chi connectivity index (χ1v) is 8.79. The van der Waals surface area contributed by atoms with Crippen molar-refractivity contribution in [1.82, 2.24) is 10.2 Å². The lowest BCUT2D eigenvalue weighted by molar-refractivity contribution is -0.140. The molecule has 1 aromatic carbocycles. The normalized spacial score (nSPS) is 21.8. The predicted molar refractivity (Wildman–Crippen MR) is 90.0 cm³/mol. The standard InChI is InChI=1S/C17H23BrN2O2/c1-13(22-15-4-2-14(18)3-5-15)16(21)20-10-7-17(8-11-20)6-9-19-12-17/h2-5,13,19H,6-12H2,1H3. The van der Waals surface area contributed by atoms with Crippen LogP contribution in [-0.2, 0) is 4.79 Å². The summed E-state index contributed by atoms with van der Waals surface area (Å²) in [5.74, 6) is 0.834. The fourth-order valence-electron chi connectivity index (χ4n) is 3.45. The molecule has 4 nitrogen and oxygen atoms in total. The van der Waals surface area contributed by atoms with E-state index in [1.165, 1.54) is 6.42 Å². The molecule has 1 atom stereocenters. The minimum Gasteiger partial charge on any atom is -0.481 e. The SMILES string of the molecule is CC(Oc1ccc(Br)cc1)C(=O)N1CCC2(CCNC2)CC1. The van der Waals surface area contributed by atoms with Gasteiger partial charge in [-0.2, -0.15) is 0 Å². The Morgan fingerprint density at radius 3 is 2.55 bits per heavy atom. The highest BCUT2D eigenvalue weighted by Crippen LogP contribution is 2.37. The minimum absolute atomic E-state index is 0.101. The summed E-state index contributed by atoms with van der Waals surface area (Å²) in [6.07, 6.45) is 3.03. The fraction of sp³-hybridized carbons (Fsp3) is 0.588. The lowest BCUT2D eigenvalue weighted by atomic mass is 9.78. The second kappa shape index (κ2) is 6.59. The zero-order chi connectivity index (χ0) is 15.6. The minimum atomic E-state index is -0.433. The average Bonchev–Trinajstić information content (AvgIpc) is 2.98. The molecule has 0 aromatic heterocycles. The summed E-state index contributed by atoms with van der Waals surface area (Å²) in [5, 5.41) is 3.45. The number of rotatable bonds is 3. The maximum absolute atomic E-state index is 12.5. The molecule has 2 fully saturated rings. The van der Waals surface area contributed by atoms with Crippen molar-refractivity contribution in [3.05, 3.63) is 28.7 Å². The van der Waals surface area contributed by atoms with Gasteiger partial charge in [0.25, 0.3) is 5.91 Å². The van der Waals surface area contributed by atoms with Gasteiger partial charge in [0.2, 0.25) is 0 Å². The average molecular weight is 367 g/mol. The molecule has 0 bridgehead atoms. The molecule has 2 saturated heterocycles. The van der Waals surface area contributed by atoms with Gasteiger partial charge in [-0.25, -0.2) is 0 Å². The van der Waals surface area contributed by atoms with Crippen LogP contribution in [0.25, 0.3) is 0 Å². The molecular formula is C17H23BrN2O2. The van der Waals surface area contributed by atoms with Crippen molar-refractivity contribution >= 4 is 21.8 Å². The van der Waals surface area contributed by atoms with Crippen LogP contribution in [0.2, 0.25) is 0 Å². The third-order valence-corrected chi connectivity index (χ3v) is 5.47. The smallest absolute Gasteiger partial charge is 0.263 e. The molecule has 1 unspecified atom stereocenters. The third kappa shape index (κ3) is 3.46. The second-order valence-electron chi connectivity index (χ2n) is 6.47. The van der Waals surface area contributed by atoms with Crippen LogP contribution in [0.5, 0.6) is 5.75 Å². The fourth-order valence-corrected chi connectivity index (χ4v) is 3.71. The zero-order valence-electron chi connectivity index (χ0n) is 13.0. The van der Waals surface area contributed by atoms with Crippen molar-refractivity contribution in [3.63, 3.8) is 0 Å². The van der Waals surface area contributed by atoms with E-state index in [2.05, 4.69) is 21.2 Å². The molecule has 3 rings (SSSR count). The summed E-state index contributed by atoms with van der Waals surface area (Å²) in [6.45, 7) is 5.78. The third-order valence-electron chi connectivity index (χ3n) is 4.94. The number of piperidine rings is 1. The van der Waals surface area contributed by atoms with Gasteiger partial charge in [0.1, 0.15) is 5.75 Å². The number of benzene rings is 1. The van der Waals surface area contributed by atoms with E-state index in [9.17, 15) is 4.79 Å². The maximum Gasteiger partial charge on any atom is 0.263 e. The van der Waals surface area contributed by atoms with Crippen LogP contribution in [0.3, 0.4) is 0 Å². The van der Waals surface area contributed by atoms with Gasteiger partial charge in [-0.05, 0) is 62.4 Å². The van der Waals surface area contributed by atoms with Crippen molar-refractivity contribution in [2.45, 2.75) is 32.3 Å². The topological polar surface area (TPSA) is 41.6 Å². The molecule has 1 amide bonds. The summed E-state index contributed by atoms with van der Waals surface area (Å²) < 4.78 is 6.78. The Morgan fingerprint density at radius 2 is 1.95 bits per heavy atom. The van der Waals surface area contributed by atoms with Gasteiger partial charge in [-0.1, -0.05) is 15.9 Å². The Kier molecular flexibility index (Phi) is 4.73. The number of hydrogen-bond donors (Lipinski definition) is 1. The largest absolute Gasteiger partial charge is 0.481 e. The molecule has 2 heterocycles. The highest BCUT2D eigenvalue weighted by molar-refractivity contribution is 9.10. The molecule has 2 aliphatic rings. The molecule has 5 heteroatoms. The first-order valence-electron chi connectivity index (χ1n) is 8.00. The number of carbonyl (C=O) groups excluding carboxylic acids is 1. The number of carbonyl (C=O) groups is 1. The van der Waals surface area contributed by atoms with Crippen LogP contribution in [0, 0.1) is 5.41 Å². The molecule has 1 aromatic rings. The maximum atomic E-state index is 12.5. The van der Waals surface area contributed by atoms with Crippen molar-refractivity contribution in [2.75, 3.05) is 26.2 Å². The Bertz CT molecular complexity index is 516. The van der Waals surface area contributed by atoms with Crippen LogP contribution in [0.1, 0.15) is 26.2 Å². The number of halogens is 1. The lowest BCUT2D eigenvalue weighted by Crippen LogP contribution is -2.48. The van der Waals surface area contributed by atoms with E-state index in [-0.39, 0.29) is 5.91 Å². The molecule has 2 aliphatic heterocycles. The number of amides is 1.